The van der Waals surface area contributed by atoms with Crippen molar-refractivity contribution >= 4 is 27.6 Å². The van der Waals surface area contributed by atoms with E-state index in [2.05, 4.69) is 15.9 Å². The van der Waals surface area contributed by atoms with Gasteiger partial charge in [0.15, 0.2) is 0 Å². The maximum atomic E-state index is 11.2. The normalized spacial score (nSPS) is 22.1. The minimum Gasteiger partial charge on any atom is -0.377 e. The van der Waals surface area contributed by atoms with Crippen molar-refractivity contribution in [3.05, 3.63) is 0 Å². The molecular weight excluding hydrogens is 250 g/mol. The van der Waals surface area contributed by atoms with E-state index in [9.17, 15) is 9.59 Å². The summed E-state index contributed by atoms with van der Waals surface area (Å²) in [6.07, 6.45) is 0.380. The highest BCUT2D eigenvalue weighted by atomic mass is 79.9. The average Bonchev–Trinajstić information content (AvgIpc) is 2.18. The molecule has 0 aliphatic carbocycles. The Hall–Kier alpha value is -0.420. The highest BCUT2D eigenvalue weighted by Crippen LogP contribution is 2.11. The van der Waals surface area contributed by atoms with Crippen LogP contribution in [0, 0.1) is 0 Å². The van der Waals surface area contributed by atoms with Gasteiger partial charge in [-0.3, -0.25) is 9.59 Å². The number of halogens is 1. The number of carbonyl (C=O) groups is 2. The third kappa shape index (κ3) is 3.06. The maximum Gasteiger partial charge on any atom is 0.219 e. The molecule has 0 N–H and O–H groups in total. The van der Waals surface area contributed by atoms with Crippen molar-refractivity contribution in [3.63, 3.8) is 0 Å². The smallest absolute Gasteiger partial charge is 0.219 e. The van der Waals surface area contributed by atoms with Crippen molar-refractivity contribution in [3.8, 4) is 0 Å². The van der Waals surface area contributed by atoms with E-state index in [1.54, 1.807) is 4.90 Å². The summed E-state index contributed by atoms with van der Waals surface area (Å²) in [7, 11) is 0. The molecule has 4 nitrogen and oxygen atoms in total. The van der Waals surface area contributed by atoms with Crippen LogP contribution in [0.15, 0.2) is 0 Å². The molecule has 1 aliphatic heterocycles. The van der Waals surface area contributed by atoms with Crippen LogP contribution >= 0.6 is 15.9 Å². The zero-order valence-corrected chi connectivity index (χ0v) is 9.75. The second-order valence-electron chi connectivity index (χ2n) is 3.32. The number of morpholine rings is 1. The molecule has 1 saturated heterocycles. The summed E-state index contributed by atoms with van der Waals surface area (Å²) in [4.78, 5) is 24.1. The van der Waals surface area contributed by atoms with Gasteiger partial charge in [0.1, 0.15) is 5.78 Å². The Kier molecular flexibility index (Phi) is 4.54. The van der Waals surface area contributed by atoms with Gasteiger partial charge in [-0.1, -0.05) is 15.9 Å². The zero-order chi connectivity index (χ0) is 10.6. The first-order chi connectivity index (χ1) is 6.65. The Morgan fingerprint density at radius 3 is 2.86 bits per heavy atom. The predicted octanol–water partition coefficient (Wildman–Crippen LogP) is 0.588. The van der Waals surface area contributed by atoms with Crippen LogP contribution in [-0.2, 0) is 14.3 Å². The first kappa shape index (κ1) is 11.7. The predicted molar refractivity (Wildman–Crippen MR) is 55.4 cm³/mol. The molecule has 14 heavy (non-hydrogen) atoms. The van der Waals surface area contributed by atoms with E-state index < -0.39 is 0 Å². The Bertz CT molecular complexity index is 232. The Morgan fingerprint density at radius 2 is 2.29 bits per heavy atom. The third-order valence-corrected chi connectivity index (χ3v) is 2.87. The van der Waals surface area contributed by atoms with E-state index in [-0.39, 0.29) is 17.7 Å². The number of nitrogens with zero attached hydrogens (tertiary/aromatic N) is 1. The molecule has 1 fully saturated rings. The third-order valence-electron chi connectivity index (χ3n) is 2.24. The SMILES string of the molecule is CC(=O)N1CCOCC1CC(=O)CBr. The number of amides is 1. The molecule has 0 aromatic carbocycles. The molecule has 0 bridgehead atoms. The van der Waals surface area contributed by atoms with Crippen LogP contribution in [-0.4, -0.2) is 47.7 Å². The van der Waals surface area contributed by atoms with Crippen LogP contribution < -0.4 is 0 Å². The molecule has 5 heteroatoms. The van der Waals surface area contributed by atoms with E-state index in [0.717, 1.165) is 0 Å². The summed E-state index contributed by atoms with van der Waals surface area (Å²) in [6, 6.07) is -0.0775. The highest BCUT2D eigenvalue weighted by molar-refractivity contribution is 9.09. The molecule has 0 aromatic rings. The average molecular weight is 264 g/mol. The topological polar surface area (TPSA) is 46.6 Å². The monoisotopic (exact) mass is 263 g/mol. The van der Waals surface area contributed by atoms with Gasteiger partial charge in [-0.05, 0) is 0 Å². The maximum absolute atomic E-state index is 11.2. The molecule has 0 radical (unpaired) electrons. The fourth-order valence-corrected chi connectivity index (χ4v) is 1.78. The van der Waals surface area contributed by atoms with Crippen molar-refractivity contribution in [2.75, 3.05) is 25.1 Å². The lowest BCUT2D eigenvalue weighted by molar-refractivity contribution is -0.138. The van der Waals surface area contributed by atoms with E-state index in [0.29, 0.717) is 31.5 Å². The minimum atomic E-state index is -0.0775. The Morgan fingerprint density at radius 1 is 1.57 bits per heavy atom. The Balaban J connectivity index is 2.54. The summed E-state index contributed by atoms with van der Waals surface area (Å²) in [5.74, 6) is 0.118. The van der Waals surface area contributed by atoms with Gasteiger partial charge < -0.3 is 9.64 Å². The molecule has 1 unspecified atom stereocenters. The fraction of sp³-hybridized carbons (Fsp3) is 0.778. The lowest BCUT2D eigenvalue weighted by Gasteiger charge is -2.34. The van der Waals surface area contributed by atoms with E-state index in [4.69, 9.17) is 4.74 Å². The second-order valence-corrected chi connectivity index (χ2v) is 3.88. The number of Topliss-reactive ketones (excluding diaryl/α,β-unsaturated/α-hetero) is 1. The molecule has 80 valence electrons. The van der Waals surface area contributed by atoms with Gasteiger partial charge in [0.05, 0.1) is 24.6 Å². The molecule has 1 aliphatic rings. The van der Waals surface area contributed by atoms with Gasteiger partial charge in [0.25, 0.3) is 0 Å². The zero-order valence-electron chi connectivity index (χ0n) is 8.16. The first-order valence-corrected chi connectivity index (χ1v) is 5.70. The van der Waals surface area contributed by atoms with Crippen LogP contribution in [0.5, 0.6) is 0 Å². The fourth-order valence-electron chi connectivity index (χ4n) is 1.56. The number of hydrogen-bond acceptors (Lipinski definition) is 3. The van der Waals surface area contributed by atoms with E-state index in [1.165, 1.54) is 6.92 Å². The number of carbonyl (C=O) groups excluding carboxylic acids is 2. The largest absolute Gasteiger partial charge is 0.377 e. The number of hydrogen-bond donors (Lipinski definition) is 0. The summed E-state index contributed by atoms with van der Waals surface area (Å²) in [6.45, 7) is 3.16. The molecule has 1 atom stereocenters. The number of ether oxygens (including phenoxy) is 1. The van der Waals surface area contributed by atoms with Crippen molar-refractivity contribution in [2.45, 2.75) is 19.4 Å². The van der Waals surface area contributed by atoms with Gasteiger partial charge in [-0.2, -0.15) is 0 Å². The van der Waals surface area contributed by atoms with Crippen molar-refractivity contribution in [2.24, 2.45) is 0 Å². The van der Waals surface area contributed by atoms with Crippen molar-refractivity contribution in [1.29, 1.82) is 0 Å². The van der Waals surface area contributed by atoms with Gasteiger partial charge in [-0.15, -0.1) is 0 Å². The van der Waals surface area contributed by atoms with Gasteiger partial charge in [0, 0.05) is 19.9 Å². The molecule has 1 amide bonds. The van der Waals surface area contributed by atoms with Crippen molar-refractivity contribution in [1.82, 2.24) is 4.90 Å². The highest BCUT2D eigenvalue weighted by Gasteiger charge is 2.26. The summed E-state index contributed by atoms with van der Waals surface area (Å²) in [5.41, 5.74) is 0. The standard InChI is InChI=1S/C9H14BrNO3/c1-7(12)11-2-3-14-6-8(11)4-9(13)5-10/h8H,2-6H2,1H3. The van der Waals surface area contributed by atoms with Gasteiger partial charge in [0.2, 0.25) is 5.91 Å². The van der Waals surface area contributed by atoms with Crippen LogP contribution in [0.1, 0.15) is 13.3 Å². The number of ketones is 1. The van der Waals surface area contributed by atoms with E-state index in [1.807, 2.05) is 0 Å². The quantitative estimate of drug-likeness (QED) is 0.701. The Labute approximate surface area is 91.7 Å². The molecule has 1 heterocycles. The molecule has 1 rings (SSSR count). The van der Waals surface area contributed by atoms with Crippen LogP contribution in [0.3, 0.4) is 0 Å². The molecule has 0 aromatic heterocycles. The van der Waals surface area contributed by atoms with Gasteiger partial charge in [-0.25, -0.2) is 0 Å². The van der Waals surface area contributed by atoms with Gasteiger partial charge >= 0.3 is 0 Å². The lowest BCUT2D eigenvalue weighted by Crippen LogP contribution is -2.48. The first-order valence-electron chi connectivity index (χ1n) is 4.57. The lowest BCUT2D eigenvalue weighted by atomic mass is 10.1. The number of rotatable bonds is 3. The minimum absolute atomic E-state index is 0.0145. The summed E-state index contributed by atoms with van der Waals surface area (Å²) < 4.78 is 5.25. The second kappa shape index (κ2) is 5.46. The molecule has 0 spiro atoms. The molecular formula is C9H14BrNO3. The van der Waals surface area contributed by atoms with Crippen LogP contribution in [0.4, 0.5) is 0 Å². The van der Waals surface area contributed by atoms with Crippen molar-refractivity contribution < 1.29 is 14.3 Å². The van der Waals surface area contributed by atoms with Crippen LogP contribution in [0.25, 0.3) is 0 Å². The number of alkyl halides is 1. The van der Waals surface area contributed by atoms with E-state index >= 15 is 0 Å². The van der Waals surface area contributed by atoms with Crippen LogP contribution in [0.2, 0.25) is 0 Å². The summed E-state index contributed by atoms with van der Waals surface area (Å²) >= 11 is 3.10. The summed E-state index contributed by atoms with van der Waals surface area (Å²) in [5, 5.41) is 0.343. The molecule has 0 saturated carbocycles.